The Labute approximate surface area is 141 Å². The van der Waals surface area contributed by atoms with Crippen molar-refractivity contribution in [3.63, 3.8) is 0 Å². The molecule has 1 saturated heterocycles. The second-order valence-electron chi connectivity index (χ2n) is 4.61. The molecule has 1 aromatic rings. The summed E-state index contributed by atoms with van der Waals surface area (Å²) >= 11 is 2.62. The Kier molecular flexibility index (Phi) is 6.16. The van der Waals surface area contributed by atoms with E-state index in [1.165, 1.54) is 28.0 Å². The maximum Gasteiger partial charge on any atom is 0.397 e. The molecule has 1 aromatic heterocycles. The Morgan fingerprint density at radius 3 is 2.57 bits per heavy atom. The monoisotopic (exact) mass is 359 g/mol. The molecular weight excluding hydrogens is 342 g/mol. The summed E-state index contributed by atoms with van der Waals surface area (Å²) in [6, 6.07) is 0. The molecule has 0 bridgehead atoms. The van der Waals surface area contributed by atoms with E-state index in [9.17, 15) is 14.4 Å². The van der Waals surface area contributed by atoms with Crippen molar-refractivity contribution in [2.24, 2.45) is 5.73 Å². The van der Waals surface area contributed by atoms with E-state index in [1.807, 2.05) is 4.90 Å². The van der Waals surface area contributed by atoms with Crippen LogP contribution in [-0.2, 0) is 19.1 Å². The molecule has 1 aliphatic heterocycles. The predicted octanol–water partition coefficient (Wildman–Crippen LogP) is -0.673. The summed E-state index contributed by atoms with van der Waals surface area (Å²) in [6.45, 7) is 3.79. The molecule has 2 N–H and O–H groups in total. The number of hydrogen-bond donors (Lipinski definition) is 1. The smallest absolute Gasteiger partial charge is 0.397 e. The highest BCUT2D eigenvalue weighted by Gasteiger charge is 2.28. The van der Waals surface area contributed by atoms with Crippen LogP contribution in [0.4, 0.5) is 5.13 Å². The predicted molar refractivity (Wildman–Crippen MR) is 85.3 cm³/mol. The summed E-state index contributed by atoms with van der Waals surface area (Å²) in [7, 11) is 0. The number of nitrogens with two attached hydrogens (primary N) is 1. The fraction of sp³-hybridized carbons (Fsp3) is 0.583. The third-order valence-corrected chi connectivity index (χ3v) is 5.16. The van der Waals surface area contributed by atoms with Crippen LogP contribution in [-0.4, -0.2) is 71.4 Å². The standard InChI is InChI=1S/C12H17N5O4S2/c1-2-21-10(20)9(19)16-3-5-17(6-4-16)11-14-15-12(23-11)22-7-8(13)18/h2-7H2,1H3,(H2,13,18). The van der Waals surface area contributed by atoms with Crippen LogP contribution < -0.4 is 10.6 Å². The van der Waals surface area contributed by atoms with Crippen molar-refractivity contribution in [3.8, 4) is 0 Å². The van der Waals surface area contributed by atoms with E-state index in [0.717, 1.165) is 5.13 Å². The van der Waals surface area contributed by atoms with E-state index in [2.05, 4.69) is 10.2 Å². The average molecular weight is 359 g/mol. The third kappa shape index (κ3) is 4.79. The summed E-state index contributed by atoms with van der Waals surface area (Å²) in [5.74, 6) is -1.67. The minimum absolute atomic E-state index is 0.163. The van der Waals surface area contributed by atoms with Crippen molar-refractivity contribution in [1.82, 2.24) is 15.1 Å². The highest BCUT2D eigenvalue weighted by atomic mass is 32.2. The van der Waals surface area contributed by atoms with Crippen LogP contribution in [0.1, 0.15) is 6.92 Å². The van der Waals surface area contributed by atoms with Gasteiger partial charge in [-0.25, -0.2) is 4.79 Å². The van der Waals surface area contributed by atoms with E-state index in [-0.39, 0.29) is 12.4 Å². The van der Waals surface area contributed by atoms with Gasteiger partial charge >= 0.3 is 11.9 Å². The molecule has 0 saturated carbocycles. The lowest BCUT2D eigenvalue weighted by atomic mass is 10.3. The molecule has 1 aliphatic rings. The second-order valence-corrected chi connectivity index (χ2v) is 6.78. The molecule has 2 heterocycles. The maximum absolute atomic E-state index is 11.8. The first-order chi connectivity index (χ1) is 11.0. The number of carbonyl (C=O) groups excluding carboxylic acids is 3. The van der Waals surface area contributed by atoms with Crippen LogP contribution in [0.2, 0.25) is 0 Å². The van der Waals surface area contributed by atoms with Crippen LogP contribution in [0, 0.1) is 0 Å². The first-order valence-electron chi connectivity index (χ1n) is 6.96. The normalized spacial score (nSPS) is 14.7. The highest BCUT2D eigenvalue weighted by Crippen LogP contribution is 2.28. The number of aromatic nitrogens is 2. The quantitative estimate of drug-likeness (QED) is 0.418. The van der Waals surface area contributed by atoms with Crippen molar-refractivity contribution in [2.75, 3.05) is 43.4 Å². The van der Waals surface area contributed by atoms with E-state index in [1.54, 1.807) is 6.92 Å². The van der Waals surface area contributed by atoms with Crippen LogP contribution in [0.15, 0.2) is 4.34 Å². The van der Waals surface area contributed by atoms with Gasteiger partial charge in [0.05, 0.1) is 12.4 Å². The number of nitrogens with zero attached hydrogens (tertiary/aromatic N) is 4. The molecule has 0 atom stereocenters. The number of piperazine rings is 1. The lowest BCUT2D eigenvalue weighted by Crippen LogP contribution is -2.51. The average Bonchev–Trinajstić information content (AvgIpc) is 3.01. The molecule has 0 spiro atoms. The van der Waals surface area contributed by atoms with Gasteiger partial charge < -0.3 is 20.3 Å². The Morgan fingerprint density at radius 1 is 1.26 bits per heavy atom. The van der Waals surface area contributed by atoms with Gasteiger partial charge in [0.15, 0.2) is 4.34 Å². The topological polar surface area (TPSA) is 119 Å². The molecule has 2 rings (SSSR count). The summed E-state index contributed by atoms with van der Waals surface area (Å²) in [5, 5.41) is 8.80. The van der Waals surface area contributed by atoms with Gasteiger partial charge in [0.1, 0.15) is 0 Å². The van der Waals surface area contributed by atoms with Crippen LogP contribution in [0.5, 0.6) is 0 Å². The first-order valence-corrected chi connectivity index (χ1v) is 8.77. The molecule has 0 aromatic carbocycles. The number of ether oxygens (including phenoxy) is 1. The zero-order valence-corrected chi connectivity index (χ0v) is 14.2. The van der Waals surface area contributed by atoms with Crippen molar-refractivity contribution in [1.29, 1.82) is 0 Å². The Hall–Kier alpha value is -1.88. The Bertz CT molecular complexity index is 586. The summed E-state index contributed by atoms with van der Waals surface area (Å²) in [6.07, 6.45) is 0. The van der Waals surface area contributed by atoms with Gasteiger partial charge in [0.2, 0.25) is 11.0 Å². The molecule has 0 radical (unpaired) electrons. The minimum atomic E-state index is -0.818. The van der Waals surface area contributed by atoms with Gasteiger partial charge in [-0.3, -0.25) is 9.59 Å². The third-order valence-electron chi connectivity index (χ3n) is 3.02. The van der Waals surface area contributed by atoms with Gasteiger partial charge in [0, 0.05) is 26.2 Å². The van der Waals surface area contributed by atoms with Crippen molar-refractivity contribution < 1.29 is 19.1 Å². The van der Waals surface area contributed by atoms with Crippen LogP contribution in [0.3, 0.4) is 0 Å². The highest BCUT2D eigenvalue weighted by molar-refractivity contribution is 8.01. The van der Waals surface area contributed by atoms with Gasteiger partial charge in [0.25, 0.3) is 0 Å². The Morgan fingerprint density at radius 2 is 1.96 bits per heavy atom. The van der Waals surface area contributed by atoms with Crippen LogP contribution >= 0.6 is 23.1 Å². The van der Waals surface area contributed by atoms with E-state index < -0.39 is 17.8 Å². The lowest BCUT2D eigenvalue weighted by molar-refractivity contribution is -0.160. The maximum atomic E-state index is 11.8. The van der Waals surface area contributed by atoms with Gasteiger partial charge in [-0.2, -0.15) is 0 Å². The first kappa shape index (κ1) is 17.5. The van der Waals surface area contributed by atoms with Crippen molar-refractivity contribution in [2.45, 2.75) is 11.3 Å². The van der Waals surface area contributed by atoms with Crippen LogP contribution in [0.25, 0.3) is 0 Å². The molecule has 2 amide bonds. The summed E-state index contributed by atoms with van der Waals surface area (Å²) < 4.78 is 5.38. The zero-order chi connectivity index (χ0) is 16.8. The lowest BCUT2D eigenvalue weighted by Gasteiger charge is -2.33. The number of carbonyl (C=O) groups is 3. The summed E-state index contributed by atoms with van der Waals surface area (Å²) in [4.78, 5) is 37.5. The fourth-order valence-electron chi connectivity index (χ4n) is 1.94. The van der Waals surface area contributed by atoms with E-state index in [0.29, 0.717) is 30.5 Å². The van der Waals surface area contributed by atoms with Gasteiger partial charge in [-0.15, -0.1) is 10.2 Å². The minimum Gasteiger partial charge on any atom is -0.459 e. The second kappa shape index (κ2) is 8.11. The SMILES string of the molecule is CCOC(=O)C(=O)N1CCN(c2nnc(SCC(N)=O)s2)CC1. The number of esters is 1. The van der Waals surface area contributed by atoms with E-state index in [4.69, 9.17) is 10.5 Å². The number of amides is 2. The zero-order valence-electron chi connectivity index (χ0n) is 12.6. The molecule has 0 unspecified atom stereocenters. The number of hydrogen-bond acceptors (Lipinski definition) is 9. The number of primary amides is 1. The van der Waals surface area contributed by atoms with Gasteiger partial charge in [-0.1, -0.05) is 23.1 Å². The molecule has 1 fully saturated rings. The molecule has 0 aliphatic carbocycles. The molecule has 23 heavy (non-hydrogen) atoms. The molecular formula is C12H17N5O4S2. The number of anilines is 1. The fourth-order valence-corrected chi connectivity index (χ4v) is 3.58. The summed E-state index contributed by atoms with van der Waals surface area (Å²) in [5.41, 5.74) is 5.09. The van der Waals surface area contributed by atoms with E-state index >= 15 is 0 Å². The van der Waals surface area contributed by atoms with Crippen molar-refractivity contribution >= 4 is 46.0 Å². The van der Waals surface area contributed by atoms with Gasteiger partial charge in [-0.05, 0) is 6.92 Å². The Balaban J connectivity index is 1.85. The largest absolute Gasteiger partial charge is 0.459 e. The molecule has 126 valence electrons. The molecule has 11 heteroatoms. The number of thioether (sulfide) groups is 1. The van der Waals surface area contributed by atoms with Crippen molar-refractivity contribution in [3.05, 3.63) is 0 Å². The number of rotatable bonds is 5. The molecule has 9 nitrogen and oxygen atoms in total.